The summed E-state index contributed by atoms with van der Waals surface area (Å²) in [6, 6.07) is 0. The molecular weight excluding hydrogens is 146 g/mol. The Morgan fingerprint density at radius 1 is 1.33 bits per heavy atom. The van der Waals surface area contributed by atoms with Gasteiger partial charge in [-0.3, -0.25) is 0 Å². The van der Waals surface area contributed by atoms with Gasteiger partial charge in [-0.2, -0.15) is 0 Å². The molecule has 0 aromatic carbocycles. The summed E-state index contributed by atoms with van der Waals surface area (Å²) in [6.07, 6.45) is 4.44. The SMILES string of the molecule is CCN(CC(C)C)CC1CCC1. The van der Waals surface area contributed by atoms with Gasteiger partial charge in [0.05, 0.1) is 0 Å². The maximum absolute atomic E-state index is 2.61. The molecule has 12 heavy (non-hydrogen) atoms. The van der Waals surface area contributed by atoms with E-state index in [1.165, 1.54) is 38.9 Å². The lowest BCUT2D eigenvalue weighted by atomic mass is 9.85. The Hall–Kier alpha value is -0.0400. The molecule has 0 amide bonds. The summed E-state index contributed by atoms with van der Waals surface area (Å²) in [5.74, 6) is 1.86. The first-order chi connectivity index (χ1) is 5.72. The lowest BCUT2D eigenvalue weighted by Crippen LogP contribution is -2.34. The molecule has 1 saturated carbocycles. The van der Waals surface area contributed by atoms with Crippen LogP contribution in [0.3, 0.4) is 0 Å². The van der Waals surface area contributed by atoms with Crippen LogP contribution in [-0.4, -0.2) is 24.5 Å². The Balaban J connectivity index is 2.15. The van der Waals surface area contributed by atoms with E-state index in [0.717, 1.165) is 11.8 Å². The summed E-state index contributed by atoms with van der Waals surface area (Å²) in [6.45, 7) is 10.8. The smallest absolute Gasteiger partial charge is 0.000965 e. The molecule has 72 valence electrons. The molecule has 1 aliphatic carbocycles. The Labute approximate surface area is 77.1 Å². The van der Waals surface area contributed by atoms with Crippen LogP contribution in [0.1, 0.15) is 40.0 Å². The first kappa shape index (κ1) is 10.0. The number of hydrogen-bond donors (Lipinski definition) is 0. The predicted molar refractivity (Wildman–Crippen MR) is 54.3 cm³/mol. The zero-order chi connectivity index (χ0) is 8.97. The maximum Gasteiger partial charge on any atom is 0.000965 e. The van der Waals surface area contributed by atoms with Gasteiger partial charge in [-0.25, -0.2) is 0 Å². The molecular formula is C11H23N. The quantitative estimate of drug-likeness (QED) is 0.611. The third kappa shape index (κ3) is 3.14. The summed E-state index contributed by atoms with van der Waals surface area (Å²) in [5.41, 5.74) is 0. The summed E-state index contributed by atoms with van der Waals surface area (Å²) >= 11 is 0. The van der Waals surface area contributed by atoms with Crippen LogP contribution < -0.4 is 0 Å². The van der Waals surface area contributed by atoms with Gasteiger partial charge in [-0.15, -0.1) is 0 Å². The third-order valence-electron chi connectivity index (χ3n) is 2.81. The number of nitrogens with zero attached hydrogens (tertiary/aromatic N) is 1. The van der Waals surface area contributed by atoms with Gasteiger partial charge in [0.2, 0.25) is 0 Å². The van der Waals surface area contributed by atoms with Crippen LogP contribution >= 0.6 is 0 Å². The van der Waals surface area contributed by atoms with E-state index in [4.69, 9.17) is 0 Å². The largest absolute Gasteiger partial charge is 0.303 e. The van der Waals surface area contributed by atoms with Gasteiger partial charge in [0, 0.05) is 13.1 Å². The highest BCUT2D eigenvalue weighted by Crippen LogP contribution is 2.27. The fourth-order valence-electron chi connectivity index (χ4n) is 1.89. The zero-order valence-corrected chi connectivity index (χ0v) is 8.84. The van der Waals surface area contributed by atoms with Crippen molar-refractivity contribution in [1.29, 1.82) is 0 Å². The van der Waals surface area contributed by atoms with Crippen molar-refractivity contribution in [2.75, 3.05) is 19.6 Å². The van der Waals surface area contributed by atoms with Crippen LogP contribution in [0.2, 0.25) is 0 Å². The van der Waals surface area contributed by atoms with Gasteiger partial charge >= 0.3 is 0 Å². The van der Waals surface area contributed by atoms with Crippen molar-refractivity contribution >= 4 is 0 Å². The van der Waals surface area contributed by atoms with Crippen LogP contribution in [0.25, 0.3) is 0 Å². The van der Waals surface area contributed by atoms with Crippen LogP contribution in [0, 0.1) is 11.8 Å². The number of rotatable bonds is 5. The highest BCUT2D eigenvalue weighted by atomic mass is 15.1. The first-order valence-corrected chi connectivity index (χ1v) is 5.44. The molecule has 0 N–H and O–H groups in total. The van der Waals surface area contributed by atoms with Gasteiger partial charge in [0.25, 0.3) is 0 Å². The average Bonchev–Trinajstić information content (AvgIpc) is 1.93. The normalized spacial score (nSPS) is 18.8. The summed E-state index contributed by atoms with van der Waals surface area (Å²) in [4.78, 5) is 2.61. The van der Waals surface area contributed by atoms with Gasteiger partial charge in [-0.1, -0.05) is 27.2 Å². The minimum atomic E-state index is 0.824. The molecule has 1 aliphatic rings. The van der Waals surface area contributed by atoms with E-state index in [0.29, 0.717) is 0 Å². The Morgan fingerprint density at radius 2 is 2.00 bits per heavy atom. The first-order valence-electron chi connectivity index (χ1n) is 5.44. The highest BCUT2D eigenvalue weighted by molar-refractivity contribution is 4.73. The van der Waals surface area contributed by atoms with Crippen molar-refractivity contribution < 1.29 is 0 Å². The molecule has 1 nitrogen and oxygen atoms in total. The van der Waals surface area contributed by atoms with E-state index in [1.807, 2.05) is 0 Å². The lowest BCUT2D eigenvalue weighted by molar-refractivity contribution is 0.170. The number of hydrogen-bond acceptors (Lipinski definition) is 1. The van der Waals surface area contributed by atoms with E-state index in [2.05, 4.69) is 25.7 Å². The summed E-state index contributed by atoms with van der Waals surface area (Å²) in [5, 5.41) is 0. The monoisotopic (exact) mass is 169 g/mol. The van der Waals surface area contributed by atoms with E-state index < -0.39 is 0 Å². The van der Waals surface area contributed by atoms with Gasteiger partial charge in [0.15, 0.2) is 0 Å². The fraction of sp³-hybridized carbons (Fsp3) is 1.00. The molecule has 0 aromatic rings. The molecule has 0 heterocycles. The second-order valence-electron chi connectivity index (χ2n) is 4.54. The molecule has 1 heteroatoms. The molecule has 0 aliphatic heterocycles. The van der Waals surface area contributed by atoms with Crippen molar-refractivity contribution in [1.82, 2.24) is 4.90 Å². The molecule has 0 aromatic heterocycles. The predicted octanol–water partition coefficient (Wildman–Crippen LogP) is 2.76. The van der Waals surface area contributed by atoms with Crippen molar-refractivity contribution in [3.8, 4) is 0 Å². The second-order valence-corrected chi connectivity index (χ2v) is 4.54. The van der Waals surface area contributed by atoms with Crippen molar-refractivity contribution in [2.24, 2.45) is 11.8 Å². The van der Waals surface area contributed by atoms with Crippen molar-refractivity contribution in [3.63, 3.8) is 0 Å². The molecule has 0 bridgehead atoms. The van der Waals surface area contributed by atoms with Crippen molar-refractivity contribution in [3.05, 3.63) is 0 Å². The standard InChI is InChI=1S/C11H23N/c1-4-12(8-10(2)3)9-11-6-5-7-11/h10-11H,4-9H2,1-3H3. The lowest BCUT2D eigenvalue weighted by Gasteiger charge is -2.32. The topological polar surface area (TPSA) is 3.24 Å². The van der Waals surface area contributed by atoms with Crippen molar-refractivity contribution in [2.45, 2.75) is 40.0 Å². The van der Waals surface area contributed by atoms with Gasteiger partial charge in [-0.05, 0) is 31.2 Å². The Bertz CT molecular complexity index is 116. The second kappa shape index (κ2) is 4.86. The molecule has 0 atom stereocenters. The van der Waals surface area contributed by atoms with Crippen LogP contribution in [0.5, 0.6) is 0 Å². The Kier molecular flexibility index (Phi) is 4.07. The minimum Gasteiger partial charge on any atom is -0.303 e. The third-order valence-corrected chi connectivity index (χ3v) is 2.81. The molecule has 0 radical (unpaired) electrons. The molecule has 0 spiro atoms. The maximum atomic E-state index is 2.61. The molecule has 1 rings (SSSR count). The molecule has 0 unspecified atom stereocenters. The summed E-state index contributed by atoms with van der Waals surface area (Å²) < 4.78 is 0. The minimum absolute atomic E-state index is 0.824. The van der Waals surface area contributed by atoms with E-state index >= 15 is 0 Å². The fourth-order valence-corrected chi connectivity index (χ4v) is 1.89. The van der Waals surface area contributed by atoms with Crippen LogP contribution in [0.15, 0.2) is 0 Å². The highest BCUT2D eigenvalue weighted by Gasteiger charge is 2.19. The van der Waals surface area contributed by atoms with Gasteiger partial charge in [0.1, 0.15) is 0 Å². The van der Waals surface area contributed by atoms with E-state index in [-0.39, 0.29) is 0 Å². The molecule has 0 saturated heterocycles. The zero-order valence-electron chi connectivity index (χ0n) is 8.84. The van der Waals surface area contributed by atoms with Crippen LogP contribution in [-0.2, 0) is 0 Å². The Morgan fingerprint density at radius 3 is 2.33 bits per heavy atom. The van der Waals surface area contributed by atoms with Gasteiger partial charge < -0.3 is 4.90 Å². The van der Waals surface area contributed by atoms with E-state index in [9.17, 15) is 0 Å². The summed E-state index contributed by atoms with van der Waals surface area (Å²) in [7, 11) is 0. The average molecular weight is 169 g/mol. The van der Waals surface area contributed by atoms with E-state index in [1.54, 1.807) is 0 Å². The van der Waals surface area contributed by atoms with Crippen LogP contribution in [0.4, 0.5) is 0 Å². The molecule has 1 fully saturated rings.